The Bertz CT molecular complexity index is 1200. The van der Waals surface area contributed by atoms with Gasteiger partial charge in [0.15, 0.2) is 11.0 Å². The summed E-state index contributed by atoms with van der Waals surface area (Å²) >= 11 is 8.66. The molecule has 0 atom stereocenters. The number of hydrogen-bond donors (Lipinski definition) is 1. The van der Waals surface area contributed by atoms with Gasteiger partial charge in [-0.2, -0.15) is 0 Å². The number of aromatic nitrogens is 5. The Morgan fingerprint density at radius 2 is 1.72 bits per heavy atom. The van der Waals surface area contributed by atoms with E-state index in [-0.39, 0.29) is 11.7 Å². The molecule has 0 saturated carbocycles. The van der Waals surface area contributed by atoms with Crippen molar-refractivity contribution >= 4 is 45.7 Å². The van der Waals surface area contributed by atoms with E-state index in [9.17, 15) is 4.79 Å². The Kier molecular flexibility index (Phi) is 7.19. The van der Waals surface area contributed by atoms with Crippen LogP contribution in [-0.4, -0.2) is 36.6 Å². The minimum atomic E-state index is -0.169. The van der Waals surface area contributed by atoms with Crippen molar-refractivity contribution in [3.8, 4) is 22.0 Å². The van der Waals surface area contributed by atoms with Gasteiger partial charge in [0.05, 0.1) is 5.75 Å². The number of hydrogen-bond acceptors (Lipinski definition) is 7. The third kappa shape index (κ3) is 5.17. The van der Waals surface area contributed by atoms with Gasteiger partial charge in [0.1, 0.15) is 5.01 Å². The third-order valence-electron chi connectivity index (χ3n) is 4.75. The maximum Gasteiger partial charge on any atom is 0.236 e. The van der Waals surface area contributed by atoms with Crippen LogP contribution in [-0.2, 0) is 17.8 Å². The smallest absolute Gasteiger partial charge is 0.236 e. The number of carbonyl (C=O) groups excluding carboxylic acids is 1. The zero-order valence-corrected chi connectivity index (χ0v) is 20.0. The van der Waals surface area contributed by atoms with E-state index < -0.39 is 0 Å². The second-order valence-corrected chi connectivity index (χ2v) is 9.21. The number of amides is 1. The molecule has 2 aromatic carbocycles. The molecule has 0 unspecified atom stereocenters. The highest BCUT2D eigenvalue weighted by molar-refractivity contribution is 7.99. The fourth-order valence-corrected chi connectivity index (χ4v) is 4.75. The van der Waals surface area contributed by atoms with Crippen molar-refractivity contribution in [2.24, 2.45) is 0 Å². The molecule has 0 aliphatic carbocycles. The normalized spacial score (nSPS) is 11.0. The van der Waals surface area contributed by atoms with Crippen molar-refractivity contribution in [1.82, 2.24) is 25.0 Å². The first kappa shape index (κ1) is 22.4. The van der Waals surface area contributed by atoms with Crippen LogP contribution in [0.4, 0.5) is 5.13 Å². The molecular formula is C22H21ClN6OS2. The van der Waals surface area contributed by atoms with Gasteiger partial charge in [-0.25, -0.2) is 0 Å². The van der Waals surface area contributed by atoms with E-state index in [1.807, 2.05) is 47.9 Å². The lowest BCUT2D eigenvalue weighted by Gasteiger charge is -2.07. The lowest BCUT2D eigenvalue weighted by atomic mass is 10.1. The highest BCUT2D eigenvalue weighted by Crippen LogP contribution is 2.28. The summed E-state index contributed by atoms with van der Waals surface area (Å²) in [5.41, 5.74) is 3.18. The van der Waals surface area contributed by atoms with Crippen LogP contribution < -0.4 is 5.32 Å². The maximum atomic E-state index is 12.5. The molecule has 0 radical (unpaired) electrons. The average molecular weight is 485 g/mol. The van der Waals surface area contributed by atoms with Gasteiger partial charge in [0, 0.05) is 22.7 Å². The van der Waals surface area contributed by atoms with Crippen LogP contribution in [0.15, 0.2) is 53.7 Å². The fraction of sp³-hybridized carbons (Fsp3) is 0.227. The molecule has 4 rings (SSSR count). The van der Waals surface area contributed by atoms with E-state index in [0.717, 1.165) is 28.4 Å². The van der Waals surface area contributed by atoms with E-state index in [2.05, 4.69) is 44.8 Å². The SMILES string of the molecule is CCc1ccc(-c2nnc(NC(=O)CSc3nnc(-c4ccc(Cl)cc4)n3CC)s2)cc1. The molecule has 32 heavy (non-hydrogen) atoms. The first-order valence-electron chi connectivity index (χ1n) is 10.1. The number of carbonyl (C=O) groups is 1. The molecule has 7 nitrogen and oxygen atoms in total. The van der Waals surface area contributed by atoms with Crippen molar-refractivity contribution in [3.05, 3.63) is 59.1 Å². The summed E-state index contributed by atoms with van der Waals surface area (Å²) in [5, 5.41) is 22.3. The molecule has 2 aromatic heterocycles. The number of rotatable bonds is 8. The Balaban J connectivity index is 1.38. The minimum Gasteiger partial charge on any atom is -0.302 e. The summed E-state index contributed by atoms with van der Waals surface area (Å²) in [5.74, 6) is 0.770. The molecule has 0 aliphatic heterocycles. The Labute approximate surface area is 199 Å². The van der Waals surface area contributed by atoms with Gasteiger partial charge in [0.2, 0.25) is 11.0 Å². The van der Waals surface area contributed by atoms with E-state index in [0.29, 0.717) is 21.9 Å². The predicted molar refractivity (Wildman–Crippen MR) is 130 cm³/mol. The molecule has 0 aliphatic rings. The number of halogens is 1. The number of nitrogens with zero attached hydrogens (tertiary/aromatic N) is 5. The van der Waals surface area contributed by atoms with E-state index in [1.165, 1.54) is 28.7 Å². The van der Waals surface area contributed by atoms with Crippen LogP contribution in [0.3, 0.4) is 0 Å². The highest BCUT2D eigenvalue weighted by Gasteiger charge is 2.16. The minimum absolute atomic E-state index is 0.169. The van der Waals surface area contributed by atoms with Gasteiger partial charge < -0.3 is 4.57 Å². The van der Waals surface area contributed by atoms with Crippen molar-refractivity contribution in [2.75, 3.05) is 11.1 Å². The molecule has 2 heterocycles. The second-order valence-electron chi connectivity index (χ2n) is 6.86. The fourth-order valence-electron chi connectivity index (χ4n) is 3.05. The zero-order valence-electron chi connectivity index (χ0n) is 17.6. The molecule has 0 spiro atoms. The largest absolute Gasteiger partial charge is 0.302 e. The van der Waals surface area contributed by atoms with E-state index in [1.54, 1.807) is 0 Å². The first-order chi connectivity index (χ1) is 15.6. The van der Waals surface area contributed by atoms with Gasteiger partial charge in [-0.3, -0.25) is 10.1 Å². The number of aryl methyl sites for hydroxylation is 1. The van der Waals surface area contributed by atoms with E-state index in [4.69, 9.17) is 11.6 Å². The summed E-state index contributed by atoms with van der Waals surface area (Å²) in [6.07, 6.45) is 0.988. The van der Waals surface area contributed by atoms with Gasteiger partial charge in [-0.05, 0) is 43.2 Å². The van der Waals surface area contributed by atoms with Gasteiger partial charge in [-0.1, -0.05) is 65.9 Å². The van der Waals surface area contributed by atoms with Crippen LogP contribution in [0.5, 0.6) is 0 Å². The molecule has 4 aromatic rings. The molecular weight excluding hydrogens is 464 g/mol. The molecule has 1 N–H and O–H groups in total. The molecule has 10 heteroatoms. The Morgan fingerprint density at radius 3 is 2.41 bits per heavy atom. The summed E-state index contributed by atoms with van der Waals surface area (Å²) in [6, 6.07) is 15.7. The van der Waals surface area contributed by atoms with Gasteiger partial charge >= 0.3 is 0 Å². The van der Waals surface area contributed by atoms with Crippen molar-refractivity contribution < 1.29 is 4.79 Å². The molecule has 0 bridgehead atoms. The first-order valence-corrected chi connectivity index (χ1v) is 12.3. The summed E-state index contributed by atoms with van der Waals surface area (Å²) < 4.78 is 1.98. The van der Waals surface area contributed by atoms with Crippen LogP contribution in [0.25, 0.3) is 22.0 Å². The zero-order chi connectivity index (χ0) is 22.5. The lowest BCUT2D eigenvalue weighted by molar-refractivity contribution is -0.113. The predicted octanol–water partition coefficient (Wildman–Crippen LogP) is 5.43. The topological polar surface area (TPSA) is 85.6 Å². The molecule has 164 valence electrons. The summed E-state index contributed by atoms with van der Waals surface area (Å²) in [4.78, 5) is 12.5. The van der Waals surface area contributed by atoms with Crippen molar-refractivity contribution in [1.29, 1.82) is 0 Å². The molecule has 0 saturated heterocycles. The maximum absolute atomic E-state index is 12.5. The van der Waals surface area contributed by atoms with Crippen molar-refractivity contribution in [2.45, 2.75) is 32.0 Å². The number of benzene rings is 2. The Hall–Kier alpha value is -2.75. The van der Waals surface area contributed by atoms with Crippen LogP contribution in [0.2, 0.25) is 5.02 Å². The lowest BCUT2D eigenvalue weighted by Crippen LogP contribution is -2.14. The number of nitrogens with one attached hydrogen (secondary N) is 1. The van der Waals surface area contributed by atoms with Gasteiger partial charge in [0.25, 0.3) is 0 Å². The third-order valence-corrected chi connectivity index (χ3v) is 6.85. The molecule has 0 fully saturated rings. The quantitative estimate of drug-likeness (QED) is 0.335. The van der Waals surface area contributed by atoms with E-state index >= 15 is 0 Å². The van der Waals surface area contributed by atoms with Crippen LogP contribution >= 0.6 is 34.7 Å². The number of thioether (sulfide) groups is 1. The summed E-state index contributed by atoms with van der Waals surface area (Å²) in [6.45, 7) is 4.82. The summed E-state index contributed by atoms with van der Waals surface area (Å²) in [7, 11) is 0. The number of anilines is 1. The van der Waals surface area contributed by atoms with Gasteiger partial charge in [-0.15, -0.1) is 20.4 Å². The van der Waals surface area contributed by atoms with Crippen molar-refractivity contribution in [3.63, 3.8) is 0 Å². The standard InChI is InChI=1S/C22H21ClN6OS2/c1-3-14-5-7-16(8-6-14)20-26-27-21(32-20)24-18(30)13-31-22-28-25-19(29(22)4-2)15-9-11-17(23)12-10-15/h5-12H,3-4,13H2,1-2H3,(H,24,27,30). The molecule has 1 amide bonds. The van der Waals surface area contributed by atoms with Crippen LogP contribution in [0.1, 0.15) is 19.4 Å². The average Bonchev–Trinajstić information content (AvgIpc) is 3.45. The van der Waals surface area contributed by atoms with Crippen LogP contribution in [0, 0.1) is 0 Å². The Morgan fingerprint density at radius 1 is 1.00 bits per heavy atom. The highest BCUT2D eigenvalue weighted by atomic mass is 35.5. The second kappa shape index (κ2) is 10.2. The monoisotopic (exact) mass is 484 g/mol.